The largest absolute Gasteiger partial charge is 0.309 e. The molecule has 0 fully saturated rings. The maximum absolute atomic E-state index is 15.0. The van der Waals surface area contributed by atoms with Crippen molar-refractivity contribution in [3.05, 3.63) is 242 Å². The summed E-state index contributed by atoms with van der Waals surface area (Å²) in [6, 6.07) is 69.4. The highest BCUT2D eigenvalue weighted by molar-refractivity contribution is 6.24. The number of halogens is 4. The minimum absolute atomic E-state index is 0.396. The molecule has 0 aliphatic heterocycles. The molecule has 11 aromatic carbocycles. The van der Waals surface area contributed by atoms with Crippen molar-refractivity contribution in [2.75, 3.05) is 0 Å². The van der Waals surface area contributed by atoms with E-state index < -0.39 is 23.3 Å². The molecule has 0 saturated carbocycles. The monoisotopic (exact) mass is 884 g/mol. The molecule has 2 aromatic heterocycles. The highest BCUT2D eigenvalue weighted by Gasteiger charge is 2.24. The van der Waals surface area contributed by atoms with Gasteiger partial charge in [0.25, 0.3) is 0 Å². The number of aromatic nitrogens is 2. The Balaban J connectivity index is 1.21. The average molecular weight is 885 g/mol. The average Bonchev–Trinajstić information content (AvgIpc) is 3.86. The first-order valence-electron chi connectivity index (χ1n) is 22.5. The van der Waals surface area contributed by atoms with Crippen LogP contribution in [-0.4, -0.2) is 9.13 Å². The van der Waals surface area contributed by atoms with Crippen molar-refractivity contribution in [1.82, 2.24) is 9.13 Å². The predicted molar refractivity (Wildman–Crippen MR) is 272 cm³/mol. The molecule has 0 amide bonds. The van der Waals surface area contributed by atoms with Gasteiger partial charge in [-0.15, -0.1) is 0 Å². The summed E-state index contributed by atoms with van der Waals surface area (Å²) in [4.78, 5) is 0. The zero-order valence-corrected chi connectivity index (χ0v) is 36.2. The lowest BCUT2D eigenvalue weighted by Gasteiger charge is -2.23. The molecule has 0 spiro atoms. The Morgan fingerprint density at radius 3 is 0.882 bits per heavy atom. The van der Waals surface area contributed by atoms with Crippen LogP contribution in [0.15, 0.2) is 218 Å². The van der Waals surface area contributed by atoms with Gasteiger partial charge in [0.05, 0.1) is 22.1 Å². The number of nitrogens with zero attached hydrogens (tertiary/aromatic N) is 2. The number of fused-ring (bicyclic) bond motifs is 8. The van der Waals surface area contributed by atoms with Crippen LogP contribution in [0.25, 0.3) is 121 Å². The zero-order chi connectivity index (χ0) is 45.6. The molecule has 0 bridgehead atoms. The van der Waals surface area contributed by atoms with E-state index in [-0.39, 0.29) is 0 Å². The summed E-state index contributed by atoms with van der Waals surface area (Å²) in [7, 11) is 0. The fraction of sp³-hybridized carbons (Fsp3) is 0. The second-order valence-electron chi connectivity index (χ2n) is 17.3. The summed E-state index contributed by atoms with van der Waals surface area (Å²) in [6.45, 7) is 0. The van der Waals surface area contributed by atoms with E-state index in [2.05, 4.69) is 118 Å². The summed E-state index contributed by atoms with van der Waals surface area (Å²) in [6.07, 6.45) is 0. The van der Waals surface area contributed by atoms with Crippen LogP contribution in [0.3, 0.4) is 0 Å². The summed E-state index contributed by atoms with van der Waals surface area (Å²) < 4.78 is 64.1. The number of benzene rings is 11. The fourth-order valence-electron chi connectivity index (χ4n) is 10.7. The SMILES string of the molecule is Fc1ccc2c(c1)c1cc(F)ccc1n2-c1ccc2c(-c3ccccc3-c3ccccc3)c3cc(-n4c5ccc(F)cc5c5cc(F)ccc54)ccc3c(-c3ccccc3-c3ccccc3)c2c1. The topological polar surface area (TPSA) is 9.86 Å². The molecule has 13 rings (SSSR count). The number of hydrogen-bond acceptors (Lipinski definition) is 0. The zero-order valence-electron chi connectivity index (χ0n) is 36.2. The first-order chi connectivity index (χ1) is 33.4. The maximum atomic E-state index is 15.0. The Labute approximate surface area is 387 Å². The first-order valence-corrected chi connectivity index (χ1v) is 22.5. The van der Waals surface area contributed by atoms with Crippen LogP contribution in [0.5, 0.6) is 0 Å². The van der Waals surface area contributed by atoms with Crippen molar-refractivity contribution >= 4 is 65.2 Å². The Morgan fingerprint density at radius 2 is 0.544 bits per heavy atom. The summed E-state index contributed by atoms with van der Waals surface area (Å²) >= 11 is 0. The molecule has 0 atom stereocenters. The van der Waals surface area contributed by atoms with E-state index in [1.54, 1.807) is 24.3 Å². The molecule has 68 heavy (non-hydrogen) atoms. The van der Waals surface area contributed by atoms with Crippen molar-refractivity contribution in [3.8, 4) is 55.9 Å². The Hall–Kier alpha value is -8.74. The summed E-state index contributed by atoms with van der Waals surface area (Å²) in [5.41, 5.74) is 13.0. The highest BCUT2D eigenvalue weighted by atomic mass is 19.1. The van der Waals surface area contributed by atoms with Gasteiger partial charge in [-0.1, -0.05) is 121 Å². The van der Waals surface area contributed by atoms with Gasteiger partial charge in [-0.25, -0.2) is 17.6 Å². The van der Waals surface area contributed by atoms with E-state index in [1.165, 1.54) is 48.5 Å². The quantitative estimate of drug-likeness (QED) is 0.116. The number of rotatable bonds is 6. The predicted octanol–water partition coefficient (Wildman–Crippen LogP) is 17.4. The Morgan fingerprint density at radius 1 is 0.235 bits per heavy atom. The van der Waals surface area contributed by atoms with Crippen LogP contribution in [0.2, 0.25) is 0 Å². The molecular formula is C62H36F4N2. The van der Waals surface area contributed by atoms with Crippen LogP contribution in [-0.2, 0) is 0 Å². The lowest BCUT2D eigenvalue weighted by Crippen LogP contribution is -1.99. The van der Waals surface area contributed by atoms with E-state index in [0.717, 1.165) is 99.5 Å². The Kier molecular flexibility index (Phi) is 8.99. The third-order valence-corrected chi connectivity index (χ3v) is 13.5. The second kappa shape index (κ2) is 15.4. The third-order valence-electron chi connectivity index (χ3n) is 13.5. The molecule has 6 heteroatoms. The van der Waals surface area contributed by atoms with Crippen molar-refractivity contribution in [3.63, 3.8) is 0 Å². The van der Waals surface area contributed by atoms with E-state index in [9.17, 15) is 17.6 Å². The maximum Gasteiger partial charge on any atom is 0.123 e. The minimum atomic E-state index is -0.396. The molecule has 0 radical (unpaired) electrons. The third kappa shape index (κ3) is 6.18. The standard InChI is InChI=1S/C62H36F4N2/c63-39-19-27-57-51(31-39)52-32-40(64)20-28-58(52)67(57)43-24-26-50-55(35-43)61(47-17-9-7-15-45(47)37-11-3-1-4-12-37)49-25-23-44(68-59-29-21-41(65)33-53(59)54-34-42(66)22-30-60(54)68)36-56(49)62(50)48-18-10-8-16-46(48)38-13-5-2-6-14-38/h1-36H. The highest BCUT2D eigenvalue weighted by Crippen LogP contribution is 2.50. The van der Waals surface area contributed by atoms with Crippen molar-refractivity contribution in [2.45, 2.75) is 0 Å². The normalized spacial score (nSPS) is 11.8. The summed E-state index contributed by atoms with van der Waals surface area (Å²) in [5.74, 6) is -1.59. The molecular weight excluding hydrogens is 849 g/mol. The first kappa shape index (κ1) is 39.6. The van der Waals surface area contributed by atoms with E-state index in [4.69, 9.17) is 0 Å². The molecule has 2 nitrogen and oxygen atoms in total. The molecule has 13 aromatic rings. The van der Waals surface area contributed by atoms with Gasteiger partial charge < -0.3 is 9.13 Å². The molecule has 0 unspecified atom stereocenters. The van der Waals surface area contributed by atoms with Gasteiger partial charge in [-0.3, -0.25) is 0 Å². The Bertz CT molecular complexity index is 3800. The van der Waals surface area contributed by atoms with E-state index in [1.807, 2.05) is 36.4 Å². The van der Waals surface area contributed by atoms with Crippen LogP contribution >= 0.6 is 0 Å². The minimum Gasteiger partial charge on any atom is -0.309 e. The van der Waals surface area contributed by atoms with Gasteiger partial charge in [-0.2, -0.15) is 0 Å². The molecule has 0 aliphatic rings. The van der Waals surface area contributed by atoms with Gasteiger partial charge >= 0.3 is 0 Å². The van der Waals surface area contributed by atoms with Crippen molar-refractivity contribution in [1.29, 1.82) is 0 Å². The van der Waals surface area contributed by atoms with Crippen molar-refractivity contribution in [2.24, 2.45) is 0 Å². The molecule has 0 aliphatic carbocycles. The lowest BCUT2D eigenvalue weighted by atomic mass is 9.82. The van der Waals surface area contributed by atoms with Crippen LogP contribution < -0.4 is 0 Å². The van der Waals surface area contributed by atoms with E-state index in [0.29, 0.717) is 21.5 Å². The number of hydrogen-bond donors (Lipinski definition) is 0. The summed E-state index contributed by atoms with van der Waals surface area (Å²) in [5, 5.41) is 6.41. The fourth-order valence-corrected chi connectivity index (χ4v) is 10.7. The molecule has 322 valence electrons. The lowest BCUT2D eigenvalue weighted by molar-refractivity contribution is 0.628. The van der Waals surface area contributed by atoms with Gasteiger partial charge in [0.15, 0.2) is 0 Å². The van der Waals surface area contributed by atoms with E-state index >= 15 is 0 Å². The van der Waals surface area contributed by atoms with Gasteiger partial charge in [0.1, 0.15) is 23.3 Å². The second-order valence-corrected chi connectivity index (χ2v) is 17.3. The smallest absolute Gasteiger partial charge is 0.123 e. The molecule has 2 heterocycles. The molecule has 0 N–H and O–H groups in total. The van der Waals surface area contributed by atoms with Crippen LogP contribution in [0.4, 0.5) is 17.6 Å². The van der Waals surface area contributed by atoms with Crippen molar-refractivity contribution < 1.29 is 17.6 Å². The van der Waals surface area contributed by atoms with Gasteiger partial charge in [0.2, 0.25) is 0 Å². The van der Waals surface area contributed by atoms with Crippen LogP contribution in [0.1, 0.15) is 0 Å². The van der Waals surface area contributed by atoms with Gasteiger partial charge in [0, 0.05) is 32.9 Å². The van der Waals surface area contributed by atoms with Gasteiger partial charge in [-0.05, 0) is 163 Å². The molecule has 0 saturated heterocycles. The van der Waals surface area contributed by atoms with Crippen LogP contribution in [0, 0.1) is 23.3 Å².